The molecule has 1 aromatic carbocycles. The molecule has 2 rings (SSSR count). The lowest BCUT2D eigenvalue weighted by Crippen LogP contribution is -2.32. The first-order valence-corrected chi connectivity index (χ1v) is 7.27. The van der Waals surface area contributed by atoms with E-state index in [4.69, 9.17) is 4.74 Å². The third kappa shape index (κ3) is 3.35. The van der Waals surface area contributed by atoms with E-state index in [9.17, 15) is 4.79 Å². The molecule has 1 aromatic rings. The Bertz CT molecular complexity index is 436. The lowest BCUT2D eigenvalue weighted by Gasteiger charge is -2.22. The normalized spacial score (nSPS) is 16.3. The van der Waals surface area contributed by atoms with Gasteiger partial charge >= 0.3 is 0 Å². The van der Waals surface area contributed by atoms with Gasteiger partial charge in [0.05, 0.1) is 12.2 Å². The summed E-state index contributed by atoms with van der Waals surface area (Å²) in [6.07, 6.45) is 2.81. The Kier molecular flexibility index (Phi) is 4.97. The summed E-state index contributed by atoms with van der Waals surface area (Å²) in [5.74, 6) is 1.14. The number of carbonyl (C=O) groups is 1. The fourth-order valence-electron chi connectivity index (χ4n) is 2.58. The number of benzene rings is 1. The smallest absolute Gasteiger partial charge is 0.169 e. The molecule has 0 aliphatic carbocycles. The van der Waals surface area contributed by atoms with Crippen molar-refractivity contribution in [1.29, 1.82) is 0 Å². The van der Waals surface area contributed by atoms with Crippen LogP contribution in [0.15, 0.2) is 18.2 Å². The van der Waals surface area contributed by atoms with Gasteiger partial charge in [0, 0.05) is 5.92 Å². The Balaban J connectivity index is 2.26. The van der Waals surface area contributed by atoms with E-state index < -0.39 is 0 Å². The van der Waals surface area contributed by atoms with Gasteiger partial charge in [-0.2, -0.15) is 0 Å². The van der Waals surface area contributed by atoms with E-state index in [0.717, 1.165) is 43.7 Å². The van der Waals surface area contributed by atoms with Crippen LogP contribution in [0.1, 0.15) is 42.6 Å². The molecule has 3 nitrogen and oxygen atoms in total. The monoisotopic (exact) mass is 261 g/mol. The van der Waals surface area contributed by atoms with E-state index in [1.54, 1.807) is 0 Å². The van der Waals surface area contributed by atoms with Crippen LogP contribution in [0.2, 0.25) is 0 Å². The average molecular weight is 261 g/mol. The molecule has 3 heteroatoms. The maximum absolute atomic E-state index is 12.7. The number of rotatable bonds is 5. The van der Waals surface area contributed by atoms with Crippen molar-refractivity contribution in [3.05, 3.63) is 29.3 Å². The molecule has 1 saturated heterocycles. The van der Waals surface area contributed by atoms with Crippen LogP contribution in [0.4, 0.5) is 0 Å². The summed E-state index contributed by atoms with van der Waals surface area (Å²) in [7, 11) is 0. The Hall–Kier alpha value is -1.35. The zero-order valence-electron chi connectivity index (χ0n) is 11.9. The standard InChI is InChI=1S/C16H23NO2/c1-3-12-5-6-15(19-4-2)14(11-12)16(18)13-7-9-17-10-8-13/h5-6,11,13,17H,3-4,7-10H2,1-2H3. The van der Waals surface area contributed by atoms with E-state index in [1.807, 2.05) is 25.1 Å². The number of hydrogen-bond acceptors (Lipinski definition) is 3. The highest BCUT2D eigenvalue weighted by Crippen LogP contribution is 2.26. The van der Waals surface area contributed by atoms with Crippen molar-refractivity contribution < 1.29 is 9.53 Å². The molecule has 1 N–H and O–H groups in total. The van der Waals surface area contributed by atoms with Crippen molar-refractivity contribution in [3.8, 4) is 5.75 Å². The second-order valence-electron chi connectivity index (χ2n) is 5.01. The topological polar surface area (TPSA) is 38.3 Å². The number of piperidine rings is 1. The molecule has 1 heterocycles. The molecule has 0 atom stereocenters. The van der Waals surface area contributed by atoms with Crippen molar-refractivity contribution >= 4 is 5.78 Å². The van der Waals surface area contributed by atoms with Crippen LogP contribution in [-0.4, -0.2) is 25.5 Å². The van der Waals surface area contributed by atoms with Gasteiger partial charge in [-0.25, -0.2) is 0 Å². The van der Waals surface area contributed by atoms with Crippen molar-refractivity contribution in [2.45, 2.75) is 33.1 Å². The van der Waals surface area contributed by atoms with Gasteiger partial charge in [0.1, 0.15) is 5.75 Å². The maximum Gasteiger partial charge on any atom is 0.169 e. The van der Waals surface area contributed by atoms with Gasteiger partial charge in [-0.15, -0.1) is 0 Å². The summed E-state index contributed by atoms with van der Waals surface area (Å²) < 4.78 is 5.61. The quantitative estimate of drug-likeness (QED) is 0.828. The third-order valence-corrected chi connectivity index (χ3v) is 3.73. The molecule has 104 valence electrons. The second kappa shape index (κ2) is 6.71. The molecule has 0 bridgehead atoms. The van der Waals surface area contributed by atoms with E-state index in [-0.39, 0.29) is 11.7 Å². The molecule has 1 fully saturated rings. The van der Waals surface area contributed by atoms with Gasteiger partial charge in [-0.1, -0.05) is 13.0 Å². The Morgan fingerprint density at radius 3 is 2.68 bits per heavy atom. The maximum atomic E-state index is 12.7. The van der Waals surface area contributed by atoms with Gasteiger partial charge in [-0.3, -0.25) is 4.79 Å². The Morgan fingerprint density at radius 1 is 1.32 bits per heavy atom. The summed E-state index contributed by atoms with van der Waals surface area (Å²) in [5.41, 5.74) is 1.97. The highest BCUT2D eigenvalue weighted by molar-refractivity contribution is 6.00. The number of carbonyl (C=O) groups excluding carboxylic acids is 1. The number of Topliss-reactive ketones (excluding diaryl/α,β-unsaturated/α-hetero) is 1. The molecule has 0 unspecified atom stereocenters. The zero-order chi connectivity index (χ0) is 13.7. The van der Waals surface area contributed by atoms with E-state index in [1.165, 1.54) is 5.56 Å². The minimum absolute atomic E-state index is 0.146. The molecule has 0 spiro atoms. The molecule has 0 aromatic heterocycles. The average Bonchev–Trinajstić information content (AvgIpc) is 2.48. The van der Waals surface area contributed by atoms with E-state index in [0.29, 0.717) is 6.61 Å². The van der Waals surface area contributed by atoms with Gasteiger partial charge in [-0.05, 0) is 57.0 Å². The fraction of sp³-hybridized carbons (Fsp3) is 0.562. The highest BCUT2D eigenvalue weighted by atomic mass is 16.5. The fourth-order valence-corrected chi connectivity index (χ4v) is 2.58. The Morgan fingerprint density at radius 2 is 2.05 bits per heavy atom. The van der Waals surface area contributed by atoms with Crippen LogP contribution in [-0.2, 0) is 6.42 Å². The van der Waals surface area contributed by atoms with Crippen LogP contribution in [0, 0.1) is 5.92 Å². The highest BCUT2D eigenvalue weighted by Gasteiger charge is 2.24. The number of nitrogens with one attached hydrogen (secondary N) is 1. The summed E-state index contributed by atoms with van der Waals surface area (Å²) in [4.78, 5) is 12.7. The van der Waals surface area contributed by atoms with Crippen LogP contribution in [0.5, 0.6) is 5.75 Å². The molecule has 0 radical (unpaired) electrons. The molecule has 1 aliphatic rings. The summed E-state index contributed by atoms with van der Waals surface area (Å²) >= 11 is 0. The first-order chi connectivity index (χ1) is 9.26. The number of hydrogen-bond donors (Lipinski definition) is 1. The van der Waals surface area contributed by atoms with Crippen LogP contribution in [0.3, 0.4) is 0 Å². The predicted octanol–water partition coefficient (Wildman–Crippen LogP) is 2.83. The first-order valence-electron chi connectivity index (χ1n) is 7.27. The molecular weight excluding hydrogens is 238 g/mol. The minimum Gasteiger partial charge on any atom is -0.493 e. The summed E-state index contributed by atoms with van der Waals surface area (Å²) in [6, 6.07) is 6.00. The molecule has 1 aliphatic heterocycles. The SMILES string of the molecule is CCOc1ccc(CC)cc1C(=O)C1CCNCC1. The van der Waals surface area contributed by atoms with Gasteiger partial charge in [0.2, 0.25) is 0 Å². The molecular formula is C16H23NO2. The molecule has 0 amide bonds. The summed E-state index contributed by atoms with van der Waals surface area (Å²) in [6.45, 7) is 6.53. The molecule has 0 saturated carbocycles. The van der Waals surface area contributed by atoms with Crippen LogP contribution < -0.4 is 10.1 Å². The van der Waals surface area contributed by atoms with E-state index in [2.05, 4.69) is 12.2 Å². The van der Waals surface area contributed by atoms with Crippen molar-refractivity contribution in [2.75, 3.05) is 19.7 Å². The minimum atomic E-state index is 0.146. The van der Waals surface area contributed by atoms with E-state index >= 15 is 0 Å². The van der Waals surface area contributed by atoms with Crippen molar-refractivity contribution in [1.82, 2.24) is 5.32 Å². The van der Waals surface area contributed by atoms with Crippen LogP contribution in [0.25, 0.3) is 0 Å². The Labute approximate surface area is 115 Å². The number of ether oxygens (including phenoxy) is 1. The lowest BCUT2D eigenvalue weighted by atomic mass is 9.88. The first kappa shape index (κ1) is 14.1. The zero-order valence-corrected chi connectivity index (χ0v) is 11.9. The van der Waals surface area contributed by atoms with Gasteiger partial charge < -0.3 is 10.1 Å². The predicted molar refractivity (Wildman–Crippen MR) is 76.9 cm³/mol. The van der Waals surface area contributed by atoms with Crippen molar-refractivity contribution in [3.63, 3.8) is 0 Å². The summed E-state index contributed by atoms with van der Waals surface area (Å²) in [5, 5.41) is 3.30. The number of ketones is 1. The molecule has 19 heavy (non-hydrogen) atoms. The second-order valence-corrected chi connectivity index (χ2v) is 5.01. The lowest BCUT2D eigenvalue weighted by molar-refractivity contribution is 0.0891. The third-order valence-electron chi connectivity index (χ3n) is 3.73. The van der Waals surface area contributed by atoms with Gasteiger partial charge in [0.15, 0.2) is 5.78 Å². The largest absolute Gasteiger partial charge is 0.493 e. The van der Waals surface area contributed by atoms with Gasteiger partial charge in [0.25, 0.3) is 0 Å². The number of aryl methyl sites for hydroxylation is 1. The van der Waals surface area contributed by atoms with Crippen molar-refractivity contribution in [2.24, 2.45) is 5.92 Å². The van der Waals surface area contributed by atoms with Crippen LogP contribution >= 0.6 is 0 Å².